The van der Waals surface area contributed by atoms with Gasteiger partial charge in [0.1, 0.15) is 0 Å². The highest BCUT2D eigenvalue weighted by atomic mass is 35.5. The van der Waals surface area contributed by atoms with Gasteiger partial charge in [-0.25, -0.2) is 4.79 Å². The molecule has 0 aliphatic heterocycles. The highest BCUT2D eigenvalue weighted by Crippen LogP contribution is 2.33. The number of benzene rings is 1. The molecule has 86 valence electrons. The van der Waals surface area contributed by atoms with E-state index in [1.54, 1.807) is 6.92 Å². The van der Waals surface area contributed by atoms with Crippen LogP contribution in [0, 0.1) is 0 Å². The van der Waals surface area contributed by atoms with E-state index in [1.807, 2.05) is 0 Å². The van der Waals surface area contributed by atoms with E-state index in [1.165, 1.54) is 18.2 Å². The Morgan fingerprint density at radius 3 is 2.25 bits per heavy atom. The van der Waals surface area contributed by atoms with Crippen LogP contribution in [0.1, 0.15) is 18.9 Å². The van der Waals surface area contributed by atoms with Crippen molar-refractivity contribution in [2.75, 3.05) is 0 Å². The van der Waals surface area contributed by atoms with Gasteiger partial charge in [0.15, 0.2) is 5.75 Å². The molecule has 0 spiro atoms. The maximum atomic E-state index is 10.8. The Morgan fingerprint density at radius 1 is 1.38 bits per heavy atom. The molecule has 0 aliphatic carbocycles. The number of carbonyl (C=O) groups is 1. The summed E-state index contributed by atoms with van der Waals surface area (Å²) in [6.07, 6.45) is 1.87. The Kier molecular flexibility index (Phi) is 4.21. The van der Waals surface area contributed by atoms with Crippen molar-refractivity contribution >= 4 is 35.2 Å². The van der Waals surface area contributed by atoms with Crippen molar-refractivity contribution in [3.63, 3.8) is 0 Å². The minimum absolute atomic E-state index is 0.0968. The van der Waals surface area contributed by atoms with E-state index in [-0.39, 0.29) is 21.4 Å². The number of phenols is 1. The lowest BCUT2D eigenvalue weighted by Gasteiger charge is -2.03. The maximum Gasteiger partial charge on any atom is 0.331 e. The minimum Gasteiger partial charge on any atom is -0.505 e. The Hall–Kier alpha value is -1.19. The SMILES string of the molecule is CC/C(=C\c1cc(Cl)c(O)c(Cl)c1)C(=O)O. The average Bonchev–Trinajstić information content (AvgIpc) is 2.21. The normalized spacial score (nSPS) is 11.6. The van der Waals surface area contributed by atoms with Gasteiger partial charge in [-0.1, -0.05) is 30.1 Å². The molecule has 1 rings (SSSR count). The summed E-state index contributed by atoms with van der Waals surface area (Å²) >= 11 is 11.4. The molecule has 0 heterocycles. The topological polar surface area (TPSA) is 57.5 Å². The lowest BCUT2D eigenvalue weighted by molar-refractivity contribution is -0.132. The first-order valence-electron chi connectivity index (χ1n) is 4.57. The van der Waals surface area contributed by atoms with Crippen molar-refractivity contribution in [1.82, 2.24) is 0 Å². The number of halogens is 2. The fourth-order valence-electron chi connectivity index (χ4n) is 1.18. The van der Waals surface area contributed by atoms with E-state index < -0.39 is 5.97 Å². The summed E-state index contributed by atoms with van der Waals surface area (Å²) in [5, 5.41) is 18.4. The molecule has 0 radical (unpaired) electrons. The standard InChI is InChI=1S/C11H10Cl2O3/c1-2-7(11(15)16)3-6-4-8(12)10(14)9(13)5-6/h3-5,14H,2H2,1H3,(H,15,16)/b7-3+. The highest BCUT2D eigenvalue weighted by Gasteiger charge is 2.08. The van der Waals surface area contributed by atoms with Crippen molar-refractivity contribution in [2.45, 2.75) is 13.3 Å². The Balaban J connectivity index is 3.20. The van der Waals surface area contributed by atoms with Crippen LogP contribution in [0.3, 0.4) is 0 Å². The van der Waals surface area contributed by atoms with Gasteiger partial charge < -0.3 is 10.2 Å². The fraction of sp³-hybridized carbons (Fsp3) is 0.182. The quantitative estimate of drug-likeness (QED) is 0.817. The van der Waals surface area contributed by atoms with Crippen LogP contribution in [-0.4, -0.2) is 16.2 Å². The van der Waals surface area contributed by atoms with Gasteiger partial charge in [0.2, 0.25) is 0 Å². The van der Waals surface area contributed by atoms with Gasteiger partial charge in [0, 0.05) is 5.57 Å². The maximum absolute atomic E-state index is 10.8. The molecule has 0 amide bonds. The van der Waals surface area contributed by atoms with Crippen LogP contribution in [0.2, 0.25) is 10.0 Å². The number of aliphatic carboxylic acids is 1. The Morgan fingerprint density at radius 2 is 1.88 bits per heavy atom. The summed E-state index contributed by atoms with van der Waals surface area (Å²) in [7, 11) is 0. The second-order valence-corrected chi connectivity index (χ2v) is 3.98. The second kappa shape index (κ2) is 5.23. The Labute approximate surface area is 103 Å². The van der Waals surface area contributed by atoms with Crippen LogP contribution in [0.15, 0.2) is 17.7 Å². The number of rotatable bonds is 3. The van der Waals surface area contributed by atoms with Crippen LogP contribution in [0.5, 0.6) is 5.75 Å². The summed E-state index contributed by atoms with van der Waals surface area (Å²) in [4.78, 5) is 10.8. The molecule has 0 unspecified atom stereocenters. The zero-order chi connectivity index (χ0) is 12.3. The van der Waals surface area contributed by atoms with Gasteiger partial charge in [-0.15, -0.1) is 0 Å². The molecule has 2 N–H and O–H groups in total. The lowest BCUT2D eigenvalue weighted by Crippen LogP contribution is -1.98. The van der Waals surface area contributed by atoms with Gasteiger partial charge in [-0.2, -0.15) is 0 Å². The predicted molar refractivity (Wildman–Crippen MR) is 64.0 cm³/mol. The first kappa shape index (κ1) is 12.9. The molecule has 16 heavy (non-hydrogen) atoms. The van der Waals surface area contributed by atoms with Gasteiger partial charge in [-0.3, -0.25) is 0 Å². The molecule has 0 aromatic heterocycles. The van der Waals surface area contributed by atoms with E-state index in [0.717, 1.165) is 0 Å². The summed E-state index contributed by atoms with van der Waals surface area (Å²) in [5.74, 6) is -1.18. The zero-order valence-corrected chi connectivity index (χ0v) is 10.0. The summed E-state index contributed by atoms with van der Waals surface area (Å²) < 4.78 is 0. The number of phenolic OH excluding ortho intramolecular Hbond substituents is 1. The molecule has 1 aromatic carbocycles. The first-order chi connectivity index (χ1) is 7.45. The van der Waals surface area contributed by atoms with E-state index >= 15 is 0 Å². The van der Waals surface area contributed by atoms with E-state index in [0.29, 0.717) is 12.0 Å². The average molecular weight is 261 g/mol. The van der Waals surface area contributed by atoms with Gasteiger partial charge in [0.05, 0.1) is 10.0 Å². The first-order valence-corrected chi connectivity index (χ1v) is 5.33. The van der Waals surface area contributed by atoms with Crippen LogP contribution in [-0.2, 0) is 4.79 Å². The zero-order valence-electron chi connectivity index (χ0n) is 8.50. The van der Waals surface area contributed by atoms with Crippen molar-refractivity contribution < 1.29 is 15.0 Å². The van der Waals surface area contributed by atoms with Gasteiger partial charge in [-0.05, 0) is 30.2 Å². The summed E-state index contributed by atoms with van der Waals surface area (Å²) in [6.45, 7) is 1.74. The summed E-state index contributed by atoms with van der Waals surface area (Å²) in [6, 6.07) is 2.92. The van der Waals surface area contributed by atoms with Crippen molar-refractivity contribution in [1.29, 1.82) is 0 Å². The van der Waals surface area contributed by atoms with Crippen LogP contribution >= 0.6 is 23.2 Å². The number of hydrogen-bond acceptors (Lipinski definition) is 2. The molecular weight excluding hydrogens is 251 g/mol. The molecule has 0 bridgehead atoms. The highest BCUT2D eigenvalue weighted by molar-refractivity contribution is 6.37. The van der Waals surface area contributed by atoms with E-state index in [9.17, 15) is 9.90 Å². The number of carboxylic acid groups (broad SMARTS) is 1. The third-order valence-electron chi connectivity index (χ3n) is 2.04. The number of carboxylic acids is 1. The smallest absolute Gasteiger partial charge is 0.331 e. The van der Waals surface area contributed by atoms with Gasteiger partial charge >= 0.3 is 5.97 Å². The molecule has 0 aliphatic rings. The fourth-order valence-corrected chi connectivity index (χ4v) is 1.69. The van der Waals surface area contributed by atoms with E-state index in [2.05, 4.69) is 0 Å². The largest absolute Gasteiger partial charge is 0.505 e. The van der Waals surface area contributed by atoms with Crippen LogP contribution in [0.4, 0.5) is 0 Å². The molecule has 0 saturated heterocycles. The monoisotopic (exact) mass is 260 g/mol. The van der Waals surface area contributed by atoms with Crippen molar-refractivity contribution in [3.8, 4) is 5.75 Å². The lowest BCUT2D eigenvalue weighted by atomic mass is 10.1. The molecule has 0 fully saturated rings. The van der Waals surface area contributed by atoms with E-state index in [4.69, 9.17) is 28.3 Å². The minimum atomic E-state index is -0.984. The molecule has 0 saturated carbocycles. The predicted octanol–water partition coefficient (Wildman–Crippen LogP) is 3.58. The number of hydrogen-bond donors (Lipinski definition) is 2. The molecule has 1 aromatic rings. The molecule has 0 atom stereocenters. The van der Waals surface area contributed by atoms with Crippen LogP contribution < -0.4 is 0 Å². The number of aromatic hydroxyl groups is 1. The van der Waals surface area contributed by atoms with Gasteiger partial charge in [0.25, 0.3) is 0 Å². The summed E-state index contributed by atoms with van der Waals surface area (Å²) in [5.41, 5.74) is 0.796. The molecular formula is C11H10Cl2O3. The van der Waals surface area contributed by atoms with Crippen LogP contribution in [0.25, 0.3) is 6.08 Å². The van der Waals surface area contributed by atoms with Crippen molar-refractivity contribution in [2.24, 2.45) is 0 Å². The third-order valence-corrected chi connectivity index (χ3v) is 2.61. The molecule has 3 nitrogen and oxygen atoms in total. The van der Waals surface area contributed by atoms with Crippen molar-refractivity contribution in [3.05, 3.63) is 33.3 Å². The second-order valence-electron chi connectivity index (χ2n) is 3.16. The molecule has 5 heteroatoms. The third kappa shape index (κ3) is 2.90. The Bertz CT molecular complexity index is 430.